The van der Waals surface area contributed by atoms with Gasteiger partial charge in [-0.1, -0.05) is 11.6 Å². The fourth-order valence-electron chi connectivity index (χ4n) is 2.62. The highest BCUT2D eigenvalue weighted by atomic mass is 35.5. The van der Waals surface area contributed by atoms with E-state index in [1.807, 2.05) is 0 Å². The molecule has 2 unspecified atom stereocenters. The minimum Gasteiger partial charge on any atom is -0.449 e. The predicted octanol–water partition coefficient (Wildman–Crippen LogP) is 1.32. The van der Waals surface area contributed by atoms with E-state index in [0.717, 1.165) is 0 Å². The van der Waals surface area contributed by atoms with E-state index in [-0.39, 0.29) is 28.3 Å². The molecule has 1 saturated heterocycles. The molecule has 2 atom stereocenters. The van der Waals surface area contributed by atoms with Crippen molar-refractivity contribution in [1.82, 2.24) is 9.88 Å². The molecule has 0 bridgehead atoms. The van der Waals surface area contributed by atoms with Gasteiger partial charge in [0.25, 0.3) is 5.91 Å². The molecule has 1 aliphatic rings. The third-order valence-corrected chi connectivity index (χ3v) is 5.84. The standard InChI is InChI=1S/C15H19ClN2O5S/c1-3-18(12-6-7-24(21,22)9-12)14(19)10(2)23-15(20)11-4-5-13(16)17-8-11/h4-5,8,10,12H,3,6-7,9H2,1-2H3. The highest BCUT2D eigenvalue weighted by Crippen LogP contribution is 2.19. The number of amides is 1. The molecule has 7 nitrogen and oxygen atoms in total. The van der Waals surface area contributed by atoms with Crippen LogP contribution in [0.1, 0.15) is 30.6 Å². The Kier molecular flexibility index (Phi) is 5.82. The van der Waals surface area contributed by atoms with Crippen molar-refractivity contribution in [2.75, 3.05) is 18.1 Å². The Bertz CT molecular complexity index is 720. The summed E-state index contributed by atoms with van der Waals surface area (Å²) >= 11 is 5.66. The molecular weight excluding hydrogens is 356 g/mol. The molecule has 1 aliphatic heterocycles. The van der Waals surface area contributed by atoms with Crippen molar-refractivity contribution in [2.24, 2.45) is 0 Å². The van der Waals surface area contributed by atoms with Crippen molar-refractivity contribution in [3.63, 3.8) is 0 Å². The van der Waals surface area contributed by atoms with Gasteiger partial charge in [-0.05, 0) is 32.4 Å². The van der Waals surface area contributed by atoms with E-state index in [1.54, 1.807) is 6.92 Å². The van der Waals surface area contributed by atoms with Gasteiger partial charge in [-0.2, -0.15) is 0 Å². The fraction of sp³-hybridized carbons (Fsp3) is 0.533. The van der Waals surface area contributed by atoms with Crippen molar-refractivity contribution in [1.29, 1.82) is 0 Å². The lowest BCUT2D eigenvalue weighted by atomic mass is 10.2. The zero-order valence-electron chi connectivity index (χ0n) is 13.4. The topological polar surface area (TPSA) is 93.6 Å². The smallest absolute Gasteiger partial charge is 0.340 e. The summed E-state index contributed by atoms with van der Waals surface area (Å²) in [5, 5.41) is 0.246. The molecule has 1 amide bonds. The van der Waals surface area contributed by atoms with Crippen LogP contribution in [0.3, 0.4) is 0 Å². The highest BCUT2D eigenvalue weighted by molar-refractivity contribution is 7.91. The maximum atomic E-state index is 12.5. The zero-order valence-corrected chi connectivity index (χ0v) is 15.0. The number of likely N-dealkylation sites (N-methyl/N-ethyl adjacent to an activating group) is 1. The molecule has 0 spiro atoms. The molecule has 1 fully saturated rings. The Morgan fingerprint density at radius 1 is 1.46 bits per heavy atom. The Morgan fingerprint density at radius 3 is 2.67 bits per heavy atom. The predicted molar refractivity (Wildman–Crippen MR) is 88.6 cm³/mol. The summed E-state index contributed by atoms with van der Waals surface area (Å²) in [6, 6.07) is 2.54. The van der Waals surface area contributed by atoms with Crippen LogP contribution in [-0.4, -0.2) is 60.4 Å². The first kappa shape index (κ1) is 18.7. The lowest BCUT2D eigenvalue weighted by molar-refractivity contribution is -0.141. The van der Waals surface area contributed by atoms with Crippen LogP contribution in [0.15, 0.2) is 18.3 Å². The number of hydrogen-bond donors (Lipinski definition) is 0. The quantitative estimate of drug-likeness (QED) is 0.570. The summed E-state index contributed by atoms with van der Waals surface area (Å²) in [5.41, 5.74) is 0.186. The second kappa shape index (κ2) is 7.48. The van der Waals surface area contributed by atoms with Crippen LogP contribution >= 0.6 is 11.6 Å². The number of carbonyl (C=O) groups is 2. The summed E-state index contributed by atoms with van der Waals surface area (Å²) in [5.74, 6) is -1.06. The molecule has 2 rings (SSSR count). The highest BCUT2D eigenvalue weighted by Gasteiger charge is 2.36. The summed E-state index contributed by atoms with van der Waals surface area (Å²) in [6.45, 7) is 3.58. The third-order valence-electron chi connectivity index (χ3n) is 3.87. The summed E-state index contributed by atoms with van der Waals surface area (Å²) in [6.07, 6.45) is 0.656. The molecule has 9 heteroatoms. The normalized spacial score (nSPS) is 20.4. The van der Waals surface area contributed by atoms with Gasteiger partial charge in [0.1, 0.15) is 5.15 Å². The Balaban J connectivity index is 2.02. The molecular formula is C15H19ClN2O5S. The lowest BCUT2D eigenvalue weighted by Gasteiger charge is -2.29. The van der Waals surface area contributed by atoms with Gasteiger partial charge >= 0.3 is 5.97 Å². The van der Waals surface area contributed by atoms with Gasteiger partial charge < -0.3 is 9.64 Å². The van der Waals surface area contributed by atoms with Crippen LogP contribution in [0.2, 0.25) is 5.15 Å². The summed E-state index contributed by atoms with van der Waals surface area (Å²) in [7, 11) is -3.10. The van der Waals surface area contributed by atoms with Gasteiger partial charge in [0.15, 0.2) is 15.9 Å². The lowest BCUT2D eigenvalue weighted by Crippen LogP contribution is -2.46. The van der Waals surface area contributed by atoms with Gasteiger partial charge in [0.2, 0.25) is 0 Å². The van der Waals surface area contributed by atoms with Crippen LogP contribution < -0.4 is 0 Å². The zero-order chi connectivity index (χ0) is 17.9. The molecule has 2 heterocycles. The molecule has 24 heavy (non-hydrogen) atoms. The number of pyridine rings is 1. The second-order valence-corrected chi connectivity index (χ2v) is 8.21. The number of ether oxygens (including phenoxy) is 1. The summed E-state index contributed by atoms with van der Waals surface area (Å²) in [4.78, 5) is 29.8. The number of sulfone groups is 1. The number of hydrogen-bond acceptors (Lipinski definition) is 6. The molecule has 0 radical (unpaired) electrons. The van der Waals surface area contributed by atoms with Gasteiger partial charge in [0.05, 0.1) is 17.1 Å². The number of halogens is 1. The molecule has 1 aromatic heterocycles. The van der Waals surface area contributed by atoms with Crippen molar-refractivity contribution in [3.05, 3.63) is 29.0 Å². The van der Waals surface area contributed by atoms with E-state index in [2.05, 4.69) is 4.98 Å². The second-order valence-electron chi connectivity index (χ2n) is 5.60. The number of rotatable bonds is 5. The fourth-order valence-corrected chi connectivity index (χ4v) is 4.47. The Labute approximate surface area is 145 Å². The van der Waals surface area contributed by atoms with E-state index in [4.69, 9.17) is 16.3 Å². The van der Waals surface area contributed by atoms with Crippen LogP contribution in [0.4, 0.5) is 0 Å². The average Bonchev–Trinajstić information content (AvgIpc) is 2.88. The molecule has 132 valence electrons. The van der Waals surface area contributed by atoms with Crippen molar-refractivity contribution in [3.8, 4) is 0 Å². The number of aromatic nitrogens is 1. The molecule has 0 saturated carbocycles. The van der Waals surface area contributed by atoms with Gasteiger partial charge in [-0.25, -0.2) is 18.2 Å². The Hall–Kier alpha value is -1.67. The van der Waals surface area contributed by atoms with Crippen molar-refractivity contribution in [2.45, 2.75) is 32.4 Å². The van der Waals surface area contributed by atoms with Crippen LogP contribution in [0.25, 0.3) is 0 Å². The SMILES string of the molecule is CCN(C(=O)C(C)OC(=O)c1ccc(Cl)nc1)C1CCS(=O)(=O)C1. The first-order valence-electron chi connectivity index (χ1n) is 7.57. The minimum absolute atomic E-state index is 0.0473. The van der Waals surface area contributed by atoms with Gasteiger partial charge in [-0.3, -0.25) is 4.79 Å². The van der Waals surface area contributed by atoms with Crippen LogP contribution in [0.5, 0.6) is 0 Å². The molecule has 1 aromatic rings. The van der Waals surface area contributed by atoms with E-state index < -0.39 is 27.8 Å². The first-order valence-corrected chi connectivity index (χ1v) is 9.77. The first-order chi connectivity index (χ1) is 11.2. The average molecular weight is 375 g/mol. The van der Waals surface area contributed by atoms with Crippen molar-refractivity contribution < 1.29 is 22.7 Å². The number of carbonyl (C=O) groups excluding carboxylic acids is 2. The van der Waals surface area contributed by atoms with E-state index >= 15 is 0 Å². The maximum Gasteiger partial charge on any atom is 0.340 e. The van der Waals surface area contributed by atoms with Gasteiger partial charge in [-0.15, -0.1) is 0 Å². The monoisotopic (exact) mass is 374 g/mol. The van der Waals surface area contributed by atoms with Crippen molar-refractivity contribution >= 4 is 33.3 Å². The molecule has 0 aromatic carbocycles. The summed E-state index contributed by atoms with van der Waals surface area (Å²) < 4.78 is 28.4. The van der Waals surface area contributed by atoms with E-state index in [0.29, 0.717) is 13.0 Å². The van der Waals surface area contributed by atoms with Crippen LogP contribution in [-0.2, 0) is 19.4 Å². The molecule has 0 N–H and O–H groups in total. The minimum atomic E-state index is -3.10. The van der Waals surface area contributed by atoms with Crippen LogP contribution in [0, 0.1) is 0 Å². The van der Waals surface area contributed by atoms with Gasteiger partial charge in [0, 0.05) is 18.8 Å². The molecule has 0 aliphatic carbocycles. The third kappa shape index (κ3) is 4.45. The number of nitrogens with zero attached hydrogens (tertiary/aromatic N) is 2. The van der Waals surface area contributed by atoms with E-state index in [9.17, 15) is 18.0 Å². The largest absolute Gasteiger partial charge is 0.449 e. The maximum absolute atomic E-state index is 12.5. The van der Waals surface area contributed by atoms with E-state index in [1.165, 1.54) is 30.2 Å². The Morgan fingerprint density at radius 2 is 2.17 bits per heavy atom. The number of esters is 1.